The number of ether oxygens (including phenoxy) is 1. The minimum atomic E-state index is -0.322. The molecule has 485 valence electrons. The van der Waals surface area contributed by atoms with Crippen molar-refractivity contribution in [1.29, 1.82) is 0 Å². The summed E-state index contributed by atoms with van der Waals surface area (Å²) in [5.74, 6) is 5.19. The van der Waals surface area contributed by atoms with Gasteiger partial charge in [-0.25, -0.2) is 29.9 Å². The molecule has 16 rings (SSSR count). The molecule has 1 saturated carbocycles. The van der Waals surface area contributed by atoms with Gasteiger partial charge in [0.15, 0.2) is 11.6 Å². The zero-order valence-electron chi connectivity index (χ0n) is 58.6. The van der Waals surface area contributed by atoms with Crippen LogP contribution in [0.2, 0.25) is 0 Å². The molecule has 1 unspecified atom stereocenters. The van der Waals surface area contributed by atoms with Crippen molar-refractivity contribution < 1.29 is 93.0 Å². The Morgan fingerprint density at radius 3 is 1.27 bits per heavy atom. The van der Waals surface area contributed by atoms with E-state index in [1.807, 2.05) is 197 Å². The zero-order valence-corrected chi connectivity index (χ0v) is 80.2. The number of para-hydroxylation sites is 6. The number of rotatable bonds is 10. The van der Waals surface area contributed by atoms with Crippen molar-refractivity contribution in [2.45, 2.75) is 85.2 Å². The van der Waals surface area contributed by atoms with Crippen LogP contribution < -0.4 is 90.6 Å². The second kappa shape index (κ2) is 45.7. The molecule has 0 N–H and O–H groups in total. The van der Waals surface area contributed by atoms with Gasteiger partial charge in [-0.1, -0.05) is 91.4 Å². The third-order valence-electron chi connectivity index (χ3n) is 16.0. The number of pyridine rings is 2. The van der Waals surface area contributed by atoms with Gasteiger partial charge < -0.3 is 42.0 Å². The van der Waals surface area contributed by atoms with Gasteiger partial charge in [-0.05, 0) is 138 Å². The normalized spacial score (nSPS) is 15.5. The van der Waals surface area contributed by atoms with Gasteiger partial charge in [-0.15, -0.1) is 31.4 Å². The minimum absolute atomic E-state index is 0. The van der Waals surface area contributed by atoms with Crippen LogP contribution in [0.15, 0.2) is 243 Å². The van der Waals surface area contributed by atoms with Crippen LogP contribution >= 0.6 is 19.6 Å². The van der Waals surface area contributed by atoms with E-state index in [2.05, 4.69) is 199 Å². The molecule has 8 heterocycles. The number of benzene rings is 6. The molecular formula is C75H75IIr2K5N14O-4. The molecule has 10 aromatic rings. The number of allylic oxidation sites excluding steroid dienone is 2. The van der Waals surface area contributed by atoms with Crippen LogP contribution in [-0.4, -0.2) is 181 Å². The predicted molar refractivity (Wildman–Crippen MR) is 402 cm³/mol. The molecule has 6 aromatic carbocycles. The number of aromatic nitrogens is 6. The van der Waals surface area contributed by atoms with Crippen molar-refractivity contribution in [2.75, 3.05) is 45.8 Å². The van der Waals surface area contributed by atoms with Gasteiger partial charge >= 0.3 is 213 Å². The van der Waals surface area contributed by atoms with Crippen LogP contribution in [0.4, 0.5) is 80.4 Å². The third-order valence-corrected chi connectivity index (χ3v) is 16.0. The van der Waals surface area contributed by atoms with Crippen molar-refractivity contribution in [1.82, 2.24) is 29.9 Å². The summed E-state index contributed by atoms with van der Waals surface area (Å²) < 4.78 is 6.09. The molecule has 1 radical (unpaired) electrons. The van der Waals surface area contributed by atoms with Crippen molar-refractivity contribution in [3.8, 4) is 0 Å². The topological polar surface area (TPSA) is 112 Å². The fourth-order valence-corrected chi connectivity index (χ4v) is 11.6. The number of hydrogen-bond acceptors (Lipinski definition) is 15. The molecule has 4 aromatic heterocycles. The smallest absolute Gasteiger partial charge is 0.145 e. The molecule has 1 atom stereocenters. The number of nitrogens with zero attached hydrogens (tertiary/aromatic N) is 14. The second-order valence-electron chi connectivity index (χ2n) is 22.6. The van der Waals surface area contributed by atoms with Crippen LogP contribution in [0.3, 0.4) is 0 Å². The van der Waals surface area contributed by atoms with Gasteiger partial charge in [-0.3, -0.25) is 9.80 Å². The van der Waals surface area contributed by atoms with Gasteiger partial charge in [-0.2, -0.15) is 73.5 Å². The summed E-state index contributed by atoms with van der Waals surface area (Å²) >= 11 is 9.12. The van der Waals surface area contributed by atoms with E-state index in [-0.39, 0.29) is 79.3 Å². The summed E-state index contributed by atoms with van der Waals surface area (Å²) in [4.78, 5) is 43.9. The molecule has 2 aliphatic carbocycles. The van der Waals surface area contributed by atoms with E-state index in [0.29, 0.717) is 24.1 Å². The van der Waals surface area contributed by atoms with E-state index in [1.54, 1.807) is 24.8 Å². The number of halogens is 1. The average molecular weight is 1900 g/mol. The number of fused-ring (bicyclic) bond motifs is 4. The first-order valence-electron chi connectivity index (χ1n) is 33.1. The van der Waals surface area contributed by atoms with Crippen molar-refractivity contribution in [3.63, 3.8) is 0 Å². The maximum atomic E-state index is 6.09. The summed E-state index contributed by atoms with van der Waals surface area (Å²) in [6, 6.07) is 71.9. The third kappa shape index (κ3) is 22.4. The van der Waals surface area contributed by atoms with Crippen LogP contribution in [0.1, 0.15) is 68.1 Å². The number of hydrogen-bond donors (Lipinski definition) is 0. The standard InChI is InChI=1S/C19H18N4O.C17H12N4.C15H16N3.C15H15N3.C9H13.HI.2Ir.5K.H/c1-2-24-19-22(15-9-5-3-6-10-15)17-18(21-14-13-20-17)23(19)16-11-7-4-8-12-16;1-3-7-14(8-4-1)20-13-21(15-9-5-2-6-10-15)17-16(20)18-11-12-19-17;2*1-12(2)17-11-18(13-7-4-3-5-8-13)15-14(17)9-6-10-16-15;1-2-5-9(6-3-1)7-4-8-9;;;;;;;;;/h3-14,19H,2H2,1H3;1-9,11-13H;3-12H,1-2H3;3-7,9-12H,1-2H3;2,4,7H,1,3,5-6,8H2;1H;;;;;;;;/q;-2;-1;-2;-1;;;+3;;;;;+1;-1/p-1. The Morgan fingerprint density at radius 2 is 0.888 bits per heavy atom. The Labute approximate surface area is 750 Å². The first-order valence-corrected chi connectivity index (χ1v) is 71.8. The van der Waals surface area contributed by atoms with Crippen LogP contribution in [0, 0.1) is 44.0 Å². The second-order valence-corrected chi connectivity index (χ2v) is 22.6. The van der Waals surface area contributed by atoms with Gasteiger partial charge in [0, 0.05) is 98.0 Å². The van der Waals surface area contributed by atoms with Gasteiger partial charge in [0.2, 0.25) is 6.35 Å². The summed E-state index contributed by atoms with van der Waals surface area (Å²) in [6.07, 6.45) is 24.3. The maximum Gasteiger partial charge on any atom is 0.145 e. The molecule has 0 amide bonds. The Bertz CT molecular complexity index is 3710. The zero-order chi connectivity index (χ0) is 67.7. The van der Waals surface area contributed by atoms with E-state index in [9.17, 15) is 0 Å². The quantitative estimate of drug-likeness (QED) is 0.0560. The minimum Gasteiger partial charge on any atom is -0.477 e. The van der Waals surface area contributed by atoms with Crippen molar-refractivity contribution in [2.24, 2.45) is 5.41 Å². The van der Waals surface area contributed by atoms with E-state index < -0.39 is 0 Å². The Balaban J connectivity index is 0.000000194. The molecular weight excluding hydrogens is 1820 g/mol. The summed E-state index contributed by atoms with van der Waals surface area (Å²) in [5, 5.41) is 0. The van der Waals surface area contributed by atoms with Gasteiger partial charge in [0.25, 0.3) is 0 Å². The molecule has 1 spiro atoms. The van der Waals surface area contributed by atoms with Crippen molar-refractivity contribution in [3.05, 3.63) is 282 Å². The molecule has 0 bridgehead atoms. The molecule has 1 fully saturated rings. The summed E-state index contributed by atoms with van der Waals surface area (Å²) in [5.41, 5.74) is 9.17. The van der Waals surface area contributed by atoms with E-state index in [1.165, 1.54) is 158 Å². The SMILES string of the molecule is C1=CC2(C1)C[CH-]CCC2.CC(C)N1[CH-]N(c2[c-]cccc2)c2ncccc21.CC(C)N1[CH-]N(c2ccccc2)c2ncccc21.CCOC1N(c2ccccc2)c2nccnc2N1c1ccccc1.[H-].[I][Ir+2].[Ir].[K+].[K][K].[K][K].[c-]1ccccc1N1[CH-]N(c2ccccc2)c2nccnc21. The van der Waals surface area contributed by atoms with Crippen molar-refractivity contribution >= 4 is 226 Å². The molecule has 15 nitrogen and oxygen atoms in total. The molecule has 6 aliphatic rings. The van der Waals surface area contributed by atoms with Crippen LogP contribution in [-0.2, 0) is 40.2 Å². The summed E-state index contributed by atoms with van der Waals surface area (Å²) in [6.45, 7) is 17.5. The first kappa shape index (κ1) is 85.3. The van der Waals surface area contributed by atoms with Gasteiger partial charge in [0.05, 0.1) is 0 Å². The molecule has 0 saturated heterocycles. The Morgan fingerprint density at radius 1 is 0.510 bits per heavy atom. The fraction of sp³-hybridized carbons (Fsp3) is 0.200. The van der Waals surface area contributed by atoms with E-state index >= 15 is 0 Å². The Kier molecular flexibility index (Phi) is 39.8. The Hall–Kier alpha value is 0.0905. The first-order chi connectivity index (χ1) is 47.3. The largest absolute Gasteiger partial charge is 0.477 e. The maximum absolute atomic E-state index is 6.09. The predicted octanol–water partition coefficient (Wildman–Crippen LogP) is 13.9. The monoisotopic (exact) mass is 1900 g/mol. The number of anilines is 14. The van der Waals surface area contributed by atoms with E-state index in [4.69, 9.17) is 4.74 Å². The van der Waals surface area contributed by atoms with E-state index in [0.717, 1.165) is 80.4 Å². The van der Waals surface area contributed by atoms with Crippen LogP contribution in [0.25, 0.3) is 0 Å². The average Bonchev–Trinajstić information content (AvgIpc) is 1.59. The van der Waals surface area contributed by atoms with Gasteiger partial charge in [0.1, 0.15) is 23.3 Å². The molecule has 4 aliphatic heterocycles. The summed E-state index contributed by atoms with van der Waals surface area (Å²) in [7, 11) is 0. The molecule has 98 heavy (non-hydrogen) atoms. The molecule has 23 heteroatoms. The fourth-order valence-electron chi connectivity index (χ4n) is 11.6. The van der Waals surface area contributed by atoms with Crippen LogP contribution in [0.5, 0.6) is 0 Å².